The van der Waals surface area contributed by atoms with Gasteiger partial charge in [0.05, 0.1) is 16.9 Å². The third-order valence-electron chi connectivity index (χ3n) is 5.11. The molecule has 1 saturated heterocycles. The number of ether oxygens (including phenoxy) is 1. The average Bonchev–Trinajstić information content (AvgIpc) is 3.25. The molecule has 1 aliphatic carbocycles. The Labute approximate surface area is 170 Å². The SMILES string of the molecule is N#Cc1ccccc1S(=O)(=O)N1CCN(C(=O)COC(=O)C[C@@H]2C=CCC2)CC1. The molecule has 9 heteroatoms. The van der Waals surface area contributed by atoms with Crippen molar-refractivity contribution in [2.24, 2.45) is 5.92 Å². The summed E-state index contributed by atoms with van der Waals surface area (Å²) in [7, 11) is -3.81. The van der Waals surface area contributed by atoms with Crippen LogP contribution in [-0.4, -0.2) is 62.3 Å². The quantitative estimate of drug-likeness (QED) is 0.510. The van der Waals surface area contributed by atoms with E-state index in [1.165, 1.54) is 21.3 Å². The largest absolute Gasteiger partial charge is 0.456 e. The minimum Gasteiger partial charge on any atom is -0.456 e. The van der Waals surface area contributed by atoms with Gasteiger partial charge in [0.25, 0.3) is 5.91 Å². The summed E-state index contributed by atoms with van der Waals surface area (Å²) in [5, 5.41) is 9.16. The van der Waals surface area contributed by atoms with E-state index in [2.05, 4.69) is 0 Å². The minimum atomic E-state index is -3.81. The van der Waals surface area contributed by atoms with Gasteiger partial charge in [0.1, 0.15) is 6.07 Å². The second-order valence-electron chi connectivity index (χ2n) is 7.02. The van der Waals surface area contributed by atoms with Gasteiger partial charge < -0.3 is 9.64 Å². The molecule has 1 atom stereocenters. The molecule has 2 aliphatic rings. The van der Waals surface area contributed by atoms with Gasteiger partial charge in [-0.3, -0.25) is 9.59 Å². The van der Waals surface area contributed by atoms with Gasteiger partial charge in [-0.15, -0.1) is 0 Å². The van der Waals surface area contributed by atoms with Gasteiger partial charge in [0, 0.05) is 26.2 Å². The number of carbonyl (C=O) groups is 2. The van der Waals surface area contributed by atoms with E-state index in [-0.39, 0.29) is 61.5 Å². The summed E-state index contributed by atoms with van der Waals surface area (Å²) in [4.78, 5) is 25.6. The van der Waals surface area contributed by atoms with Gasteiger partial charge in [0.15, 0.2) is 6.61 Å². The second-order valence-corrected chi connectivity index (χ2v) is 8.93. The molecule has 0 bridgehead atoms. The Morgan fingerprint density at radius 3 is 2.55 bits per heavy atom. The molecule has 0 aromatic heterocycles. The molecule has 1 fully saturated rings. The third kappa shape index (κ3) is 5.02. The fourth-order valence-corrected chi connectivity index (χ4v) is 5.04. The molecule has 0 saturated carbocycles. The Hall–Kier alpha value is -2.70. The second kappa shape index (κ2) is 9.20. The molecule has 154 valence electrons. The highest BCUT2D eigenvalue weighted by Gasteiger charge is 2.31. The third-order valence-corrected chi connectivity index (χ3v) is 7.07. The lowest BCUT2D eigenvalue weighted by Gasteiger charge is -2.34. The van der Waals surface area contributed by atoms with Crippen molar-refractivity contribution in [2.45, 2.75) is 24.2 Å². The zero-order chi connectivity index (χ0) is 20.9. The molecular weight excluding hydrogens is 394 g/mol. The number of benzene rings is 1. The van der Waals surface area contributed by atoms with Gasteiger partial charge in [-0.1, -0.05) is 24.3 Å². The van der Waals surface area contributed by atoms with Crippen LogP contribution in [0.2, 0.25) is 0 Å². The van der Waals surface area contributed by atoms with Gasteiger partial charge >= 0.3 is 5.97 Å². The van der Waals surface area contributed by atoms with Crippen molar-refractivity contribution >= 4 is 21.9 Å². The monoisotopic (exact) mass is 417 g/mol. The van der Waals surface area contributed by atoms with Crippen LogP contribution in [0.25, 0.3) is 0 Å². The predicted octanol–water partition coefficient (Wildman–Crippen LogP) is 1.29. The van der Waals surface area contributed by atoms with Crippen molar-refractivity contribution in [1.29, 1.82) is 5.26 Å². The molecule has 1 aliphatic heterocycles. The maximum absolute atomic E-state index is 12.8. The zero-order valence-corrected chi connectivity index (χ0v) is 16.8. The number of amides is 1. The number of carbonyl (C=O) groups excluding carboxylic acids is 2. The van der Waals surface area contributed by atoms with Gasteiger partial charge in [0.2, 0.25) is 10.0 Å². The molecule has 0 N–H and O–H groups in total. The Kier molecular flexibility index (Phi) is 6.67. The van der Waals surface area contributed by atoms with Crippen molar-refractivity contribution in [3.63, 3.8) is 0 Å². The van der Waals surface area contributed by atoms with Crippen LogP contribution in [0.15, 0.2) is 41.3 Å². The van der Waals surface area contributed by atoms with E-state index in [1.54, 1.807) is 12.1 Å². The Morgan fingerprint density at radius 2 is 1.90 bits per heavy atom. The van der Waals surface area contributed by atoms with Crippen LogP contribution in [0.5, 0.6) is 0 Å². The first-order valence-electron chi connectivity index (χ1n) is 9.51. The summed E-state index contributed by atoms with van der Waals surface area (Å²) in [6.07, 6.45) is 6.18. The zero-order valence-electron chi connectivity index (χ0n) is 16.0. The first-order valence-corrected chi connectivity index (χ1v) is 10.9. The van der Waals surface area contributed by atoms with E-state index >= 15 is 0 Å². The number of hydrogen-bond donors (Lipinski definition) is 0. The van der Waals surface area contributed by atoms with Crippen molar-refractivity contribution in [3.8, 4) is 6.07 Å². The van der Waals surface area contributed by atoms with E-state index in [0.717, 1.165) is 12.8 Å². The van der Waals surface area contributed by atoms with Crippen LogP contribution in [0.3, 0.4) is 0 Å². The van der Waals surface area contributed by atoms with E-state index < -0.39 is 16.0 Å². The van der Waals surface area contributed by atoms with Crippen molar-refractivity contribution in [3.05, 3.63) is 42.0 Å². The number of nitriles is 1. The van der Waals surface area contributed by atoms with Crippen LogP contribution in [0.1, 0.15) is 24.8 Å². The maximum Gasteiger partial charge on any atom is 0.306 e. The molecule has 0 spiro atoms. The molecule has 1 aromatic rings. The summed E-state index contributed by atoms with van der Waals surface area (Å²) in [6, 6.07) is 7.95. The summed E-state index contributed by atoms with van der Waals surface area (Å²) in [5.41, 5.74) is 0.0926. The number of allylic oxidation sites excluding steroid dienone is 2. The minimum absolute atomic E-state index is 0.0304. The van der Waals surface area contributed by atoms with Crippen molar-refractivity contribution in [1.82, 2.24) is 9.21 Å². The lowest BCUT2D eigenvalue weighted by molar-refractivity contribution is -0.153. The summed E-state index contributed by atoms with van der Waals surface area (Å²) in [6.45, 7) is 0.313. The maximum atomic E-state index is 12.8. The predicted molar refractivity (Wildman–Crippen MR) is 104 cm³/mol. The van der Waals surface area contributed by atoms with Gasteiger partial charge in [-0.25, -0.2) is 8.42 Å². The molecule has 1 aromatic carbocycles. The van der Waals surface area contributed by atoms with Crippen LogP contribution >= 0.6 is 0 Å². The van der Waals surface area contributed by atoms with Crippen LogP contribution in [0, 0.1) is 17.2 Å². The van der Waals surface area contributed by atoms with Crippen molar-refractivity contribution < 1.29 is 22.7 Å². The summed E-state index contributed by atoms with van der Waals surface area (Å²) >= 11 is 0. The number of rotatable bonds is 6. The van der Waals surface area contributed by atoms with E-state index in [4.69, 9.17) is 10.00 Å². The normalized spacial score (nSPS) is 19.7. The molecule has 1 heterocycles. The smallest absolute Gasteiger partial charge is 0.306 e. The van der Waals surface area contributed by atoms with Crippen molar-refractivity contribution in [2.75, 3.05) is 32.8 Å². The Balaban J connectivity index is 1.50. The molecular formula is C20H23N3O5S. The highest BCUT2D eigenvalue weighted by atomic mass is 32.2. The van der Waals surface area contributed by atoms with Crippen LogP contribution < -0.4 is 0 Å². The number of piperazine rings is 1. The summed E-state index contributed by atoms with van der Waals surface area (Å²) in [5.74, 6) is -0.554. The lowest BCUT2D eigenvalue weighted by Crippen LogP contribution is -2.51. The fraction of sp³-hybridized carbons (Fsp3) is 0.450. The average molecular weight is 417 g/mol. The number of sulfonamides is 1. The number of nitrogens with zero attached hydrogens (tertiary/aromatic N) is 3. The number of esters is 1. The van der Waals surface area contributed by atoms with Gasteiger partial charge in [-0.05, 0) is 30.9 Å². The highest BCUT2D eigenvalue weighted by molar-refractivity contribution is 7.89. The first-order chi connectivity index (χ1) is 13.9. The Morgan fingerprint density at radius 1 is 1.17 bits per heavy atom. The molecule has 8 nitrogen and oxygen atoms in total. The first kappa shape index (κ1) is 21.0. The van der Waals surface area contributed by atoms with Crippen LogP contribution in [-0.2, 0) is 24.3 Å². The fourth-order valence-electron chi connectivity index (χ4n) is 3.47. The standard InChI is InChI=1S/C20H23N3O5S/c21-14-17-7-3-4-8-18(17)29(26,27)23-11-9-22(10-12-23)19(24)15-28-20(25)13-16-5-1-2-6-16/h1,3-5,7-8,16H,2,6,9-13,15H2/t16-/m1/s1. The van der Waals surface area contributed by atoms with E-state index in [0.29, 0.717) is 0 Å². The molecule has 29 heavy (non-hydrogen) atoms. The topological polar surface area (TPSA) is 108 Å². The molecule has 1 amide bonds. The summed E-state index contributed by atoms with van der Waals surface area (Å²) < 4.78 is 32.0. The van der Waals surface area contributed by atoms with E-state index in [9.17, 15) is 18.0 Å². The van der Waals surface area contributed by atoms with Gasteiger partial charge in [-0.2, -0.15) is 9.57 Å². The Bertz CT molecular complexity index is 943. The number of hydrogen-bond acceptors (Lipinski definition) is 6. The van der Waals surface area contributed by atoms with E-state index in [1.807, 2.05) is 18.2 Å². The molecule has 3 rings (SSSR count). The van der Waals surface area contributed by atoms with Crippen LogP contribution in [0.4, 0.5) is 0 Å². The lowest BCUT2D eigenvalue weighted by atomic mass is 10.1. The molecule has 0 radical (unpaired) electrons. The highest BCUT2D eigenvalue weighted by Crippen LogP contribution is 2.22. The molecule has 0 unspecified atom stereocenters.